The predicted molar refractivity (Wildman–Crippen MR) is 285 cm³/mol. The zero-order chi connectivity index (χ0) is 55.9. The molecule has 0 radical (unpaired) electrons. The maximum absolute atomic E-state index is 14.7. The molecule has 6 heterocycles. The number of carbonyl (C=O) groups is 5. The Morgan fingerprint density at radius 2 is 1.74 bits per heavy atom. The van der Waals surface area contributed by atoms with Crippen LogP contribution in [0.5, 0.6) is 0 Å². The monoisotopic (exact) mass is 1070 g/mol. The first kappa shape index (κ1) is 60.7. The summed E-state index contributed by atoms with van der Waals surface area (Å²) >= 11 is 0. The molecule has 0 bridgehead atoms. The van der Waals surface area contributed by atoms with Crippen molar-refractivity contribution in [1.82, 2.24) is 45.0 Å². The number of likely N-dealkylation sites (N-methyl/N-ethyl adjacent to an activating group) is 2. The number of fused-ring (bicyclic) bond motifs is 1. The molecule has 4 aromatic rings. The van der Waals surface area contributed by atoms with E-state index in [2.05, 4.69) is 51.2 Å². The van der Waals surface area contributed by atoms with Gasteiger partial charge < -0.3 is 43.4 Å². The third-order valence-corrected chi connectivity index (χ3v) is 14.0. The minimum absolute atomic E-state index is 0.0304. The number of nitrogens with zero attached hydrogens (tertiary/aromatic N) is 8. The highest BCUT2D eigenvalue weighted by Crippen LogP contribution is 2.44. The van der Waals surface area contributed by atoms with Crippen LogP contribution in [0.25, 0.3) is 33.5 Å². The Bertz CT molecular complexity index is 2570. The van der Waals surface area contributed by atoms with Gasteiger partial charge in [0.15, 0.2) is 11.7 Å². The number of piperazine rings is 1. The van der Waals surface area contributed by atoms with Crippen molar-refractivity contribution in [1.29, 1.82) is 0 Å². The summed E-state index contributed by atoms with van der Waals surface area (Å²) in [5.74, 6) is -0.516. The van der Waals surface area contributed by atoms with E-state index in [1.807, 2.05) is 40.0 Å². The van der Waals surface area contributed by atoms with Crippen LogP contribution in [0.15, 0.2) is 53.7 Å². The van der Waals surface area contributed by atoms with E-state index in [1.165, 1.54) is 53.1 Å². The molecule has 21 heteroatoms. The third kappa shape index (κ3) is 16.7. The van der Waals surface area contributed by atoms with Crippen LogP contribution >= 0.6 is 0 Å². The molecule has 4 atom stereocenters. The van der Waals surface area contributed by atoms with Crippen molar-refractivity contribution in [2.45, 2.75) is 117 Å². The average Bonchev–Trinajstić information content (AvgIpc) is 4.12. The molecule has 0 saturated carbocycles. The molecular weight excluding hydrogens is 989 g/mol. The molecule has 17 nitrogen and oxygen atoms in total. The fourth-order valence-corrected chi connectivity index (χ4v) is 9.70. The Balaban J connectivity index is 0.000000528. The van der Waals surface area contributed by atoms with Crippen molar-refractivity contribution in [3.8, 4) is 22.6 Å². The lowest BCUT2D eigenvalue weighted by molar-refractivity contribution is -0.139. The highest BCUT2D eigenvalue weighted by atomic mass is 19.4. The molecule has 1 aromatic carbocycles. The van der Waals surface area contributed by atoms with Gasteiger partial charge in [0, 0.05) is 87.4 Å². The number of alkyl halides is 4. The Morgan fingerprint density at radius 1 is 1.01 bits per heavy atom. The van der Waals surface area contributed by atoms with Crippen molar-refractivity contribution in [2.24, 2.45) is 11.3 Å². The van der Waals surface area contributed by atoms with E-state index in [0.29, 0.717) is 83.3 Å². The molecule has 3 aromatic heterocycles. The molecule has 4 unspecified atom stereocenters. The van der Waals surface area contributed by atoms with Crippen molar-refractivity contribution < 1.29 is 50.7 Å². The Hall–Kier alpha value is -6.19. The largest absolute Gasteiger partial charge is 0.467 e. The minimum Gasteiger partial charge on any atom is -0.467 e. The van der Waals surface area contributed by atoms with Crippen LogP contribution in [0.4, 0.5) is 23.2 Å². The van der Waals surface area contributed by atoms with Gasteiger partial charge in [0.25, 0.3) is 6.47 Å². The van der Waals surface area contributed by atoms with Gasteiger partial charge in [-0.1, -0.05) is 48.1 Å². The first-order valence-corrected chi connectivity index (χ1v) is 26.1. The highest BCUT2D eigenvalue weighted by Gasteiger charge is 2.35. The summed E-state index contributed by atoms with van der Waals surface area (Å²) < 4.78 is 69.2. The number of amides is 3. The van der Waals surface area contributed by atoms with Gasteiger partial charge in [0.1, 0.15) is 25.0 Å². The topological polar surface area (TPSA) is 179 Å². The Labute approximate surface area is 444 Å². The van der Waals surface area contributed by atoms with Gasteiger partial charge in [-0.15, -0.1) is 0 Å². The number of hydrogen-bond acceptors (Lipinski definition) is 13. The van der Waals surface area contributed by atoms with E-state index in [4.69, 9.17) is 14.1 Å². The van der Waals surface area contributed by atoms with Crippen LogP contribution in [-0.2, 0) is 48.1 Å². The molecule has 3 aliphatic rings. The van der Waals surface area contributed by atoms with E-state index in [0.717, 1.165) is 38.4 Å². The van der Waals surface area contributed by atoms with Gasteiger partial charge >= 0.3 is 6.18 Å². The predicted octanol–water partition coefficient (Wildman–Crippen LogP) is 7.23. The molecule has 3 fully saturated rings. The first-order chi connectivity index (χ1) is 36.0. The number of ether oxygens (including phenoxy) is 1. The molecule has 2 N–H and O–H groups in total. The number of aromatic nitrogens is 3. The normalized spacial score (nSPS) is 17.7. The standard InChI is InChI=1S/C43H56F3N7O6.C7H10FNO.C5H12N2/c1-9-28(4)38-33(18-31(20-48-38)52-14-12-50(7)13-15-52)40-34(19-42(5,6)24-58-26-56)32-16-29(10-11-35(32)53(40)23-43(44,45)46)36-21-47-37(59-36)17-30(22-54)49-41(57)39(27(2)3)51(8)25-55;1-2-7(10)9-4-3-6(8)5-9;1-7-5-3-2-4-6-7/h10-11,16,18,20-22,25-28,30,39H,9,12-15,17,19,23-24H2,1-8H3,(H,49,57);2,6H,1,3-5H2;6H,2-5H2,1H3. The summed E-state index contributed by atoms with van der Waals surface area (Å²) in [7, 11) is 5.63. The average molecular weight is 1070 g/mol. The number of benzene rings is 1. The van der Waals surface area contributed by atoms with Crippen LogP contribution in [0.1, 0.15) is 90.3 Å². The number of anilines is 1. The van der Waals surface area contributed by atoms with Crippen molar-refractivity contribution in [3.05, 3.63) is 66.5 Å². The second kappa shape index (κ2) is 27.7. The number of oxazole rings is 1. The van der Waals surface area contributed by atoms with Crippen LogP contribution in [0.3, 0.4) is 0 Å². The number of hydrazine groups is 1. The number of aldehydes is 1. The summed E-state index contributed by atoms with van der Waals surface area (Å²) in [5, 5.41) is 5.36. The summed E-state index contributed by atoms with van der Waals surface area (Å²) in [6.45, 7) is 20.2. The Morgan fingerprint density at radius 3 is 2.29 bits per heavy atom. The zero-order valence-electron chi connectivity index (χ0n) is 45.6. The van der Waals surface area contributed by atoms with Crippen molar-refractivity contribution >= 4 is 47.6 Å². The molecule has 3 saturated heterocycles. The molecule has 0 aliphatic carbocycles. The molecule has 418 valence electrons. The SMILES string of the molecule is C=CC(=O)N1CCC(F)C1.CCC(C)c1ncc(N2CCN(C)CC2)cc1-c1c(CC(C)(C)COC=O)c2cc(-c3cnc(CC(C=O)NC(=O)C(C(C)C)N(C)C=O)o3)ccc2n1CC(F)(F)F.CN1CCCCN1. The molecular formula is C55H78F4N10O7. The number of halogens is 4. The van der Waals surface area contributed by atoms with E-state index < -0.39 is 42.3 Å². The molecule has 0 spiro atoms. The van der Waals surface area contributed by atoms with Crippen LogP contribution in [0, 0.1) is 11.3 Å². The maximum atomic E-state index is 14.7. The number of carbonyl (C=O) groups excluding carboxylic acids is 5. The fourth-order valence-electron chi connectivity index (χ4n) is 9.70. The van der Waals surface area contributed by atoms with Crippen LogP contribution in [0.2, 0.25) is 0 Å². The lowest BCUT2D eigenvalue weighted by atomic mass is 9.83. The van der Waals surface area contributed by atoms with E-state index in [9.17, 15) is 41.5 Å². The highest BCUT2D eigenvalue weighted by molar-refractivity contribution is 5.95. The third-order valence-electron chi connectivity index (χ3n) is 14.0. The lowest BCUT2D eigenvalue weighted by Gasteiger charge is -2.34. The van der Waals surface area contributed by atoms with E-state index in [-0.39, 0.29) is 49.6 Å². The molecule has 76 heavy (non-hydrogen) atoms. The number of nitrogens with one attached hydrogen (secondary N) is 2. The fraction of sp³-hybridized carbons (Fsp3) is 0.582. The van der Waals surface area contributed by atoms with Gasteiger partial charge in [-0.2, -0.15) is 13.2 Å². The summed E-state index contributed by atoms with van der Waals surface area (Å²) in [5.41, 5.74) is 6.57. The zero-order valence-corrected chi connectivity index (χ0v) is 45.6. The second-order valence-corrected chi connectivity index (χ2v) is 21.2. The number of rotatable bonds is 20. The van der Waals surface area contributed by atoms with Gasteiger partial charge in [-0.25, -0.2) is 14.4 Å². The van der Waals surface area contributed by atoms with Crippen molar-refractivity contribution in [3.63, 3.8) is 0 Å². The quantitative estimate of drug-likeness (QED) is 0.0515. The maximum Gasteiger partial charge on any atom is 0.406 e. The van der Waals surface area contributed by atoms with Crippen LogP contribution in [-0.4, -0.2) is 170 Å². The van der Waals surface area contributed by atoms with Crippen molar-refractivity contribution in [2.75, 3.05) is 85.0 Å². The van der Waals surface area contributed by atoms with Gasteiger partial charge in [0.2, 0.25) is 18.2 Å². The lowest BCUT2D eigenvalue weighted by Crippen LogP contribution is -2.51. The van der Waals surface area contributed by atoms with Gasteiger partial charge in [-0.3, -0.25) is 29.6 Å². The number of likely N-dealkylation sites (tertiary alicyclic amines) is 1. The smallest absolute Gasteiger partial charge is 0.406 e. The Kier molecular flexibility index (Phi) is 22.1. The number of hydrogen-bond donors (Lipinski definition) is 2. The summed E-state index contributed by atoms with van der Waals surface area (Å²) in [6.07, 6.45) is 4.27. The molecule has 7 rings (SSSR count). The first-order valence-electron chi connectivity index (χ1n) is 26.1. The summed E-state index contributed by atoms with van der Waals surface area (Å²) in [6, 6.07) is 5.27. The van der Waals surface area contributed by atoms with Gasteiger partial charge in [0.05, 0.1) is 55.1 Å². The molecule has 3 amide bonds. The van der Waals surface area contributed by atoms with Crippen LogP contribution < -0.4 is 15.6 Å². The van der Waals surface area contributed by atoms with E-state index >= 15 is 0 Å². The van der Waals surface area contributed by atoms with E-state index in [1.54, 1.807) is 32.0 Å². The molecule has 3 aliphatic heterocycles. The minimum atomic E-state index is -4.58. The number of pyridine rings is 1. The second-order valence-electron chi connectivity index (χ2n) is 21.2. The van der Waals surface area contributed by atoms with Gasteiger partial charge in [-0.05, 0) is 86.9 Å². The summed E-state index contributed by atoms with van der Waals surface area (Å²) in [4.78, 5) is 75.2.